The van der Waals surface area contributed by atoms with Gasteiger partial charge < -0.3 is 16.0 Å². The molecule has 0 saturated carbocycles. The fourth-order valence-electron chi connectivity index (χ4n) is 2.90. The molecule has 0 bridgehead atoms. The maximum atomic E-state index is 13.8. The van der Waals surface area contributed by atoms with Gasteiger partial charge in [-0.25, -0.2) is 14.4 Å². The average molecular weight is 388 g/mol. The Morgan fingerprint density at radius 2 is 1.97 bits per heavy atom. The van der Waals surface area contributed by atoms with Crippen LogP contribution in [0.2, 0.25) is 0 Å². The first-order valence-corrected chi connectivity index (χ1v) is 8.86. The van der Waals surface area contributed by atoms with Crippen molar-refractivity contribution in [1.29, 1.82) is 0 Å². The Balaban J connectivity index is 1.66. The number of carbonyl (C=O) groups is 1. The summed E-state index contributed by atoms with van der Waals surface area (Å²) in [6, 6.07) is 14.9. The van der Waals surface area contributed by atoms with Gasteiger partial charge >= 0.3 is 0 Å². The fourth-order valence-corrected chi connectivity index (χ4v) is 2.90. The number of hydrogen-bond donors (Lipinski definition) is 3. The number of aromatic nitrogens is 4. The molecule has 3 heterocycles. The molecule has 29 heavy (non-hydrogen) atoms. The van der Waals surface area contributed by atoms with Crippen molar-refractivity contribution < 1.29 is 9.18 Å². The molecule has 0 unspecified atom stereocenters. The first-order chi connectivity index (χ1) is 14.1. The van der Waals surface area contributed by atoms with Gasteiger partial charge in [-0.3, -0.25) is 9.78 Å². The Hall–Kier alpha value is -4.07. The van der Waals surface area contributed by atoms with Gasteiger partial charge in [0.1, 0.15) is 17.5 Å². The minimum absolute atomic E-state index is 0.310. The van der Waals surface area contributed by atoms with E-state index in [0.29, 0.717) is 46.4 Å². The normalized spacial score (nSPS) is 10.7. The zero-order valence-corrected chi connectivity index (χ0v) is 15.3. The summed E-state index contributed by atoms with van der Waals surface area (Å²) in [5.41, 5.74) is 8.28. The van der Waals surface area contributed by atoms with Crippen LogP contribution in [0.3, 0.4) is 0 Å². The molecule has 144 valence electrons. The maximum absolute atomic E-state index is 13.8. The van der Waals surface area contributed by atoms with Gasteiger partial charge in [-0.1, -0.05) is 18.2 Å². The smallest absolute Gasteiger partial charge is 0.248 e. The van der Waals surface area contributed by atoms with E-state index in [1.807, 2.05) is 18.2 Å². The van der Waals surface area contributed by atoms with Gasteiger partial charge in [0, 0.05) is 23.5 Å². The number of halogens is 1. The number of pyridine rings is 2. The second-order valence-corrected chi connectivity index (χ2v) is 6.28. The molecule has 7 nitrogen and oxygen atoms in total. The van der Waals surface area contributed by atoms with Crippen molar-refractivity contribution in [2.45, 2.75) is 6.54 Å². The van der Waals surface area contributed by atoms with E-state index in [9.17, 15) is 9.18 Å². The molecule has 3 aromatic heterocycles. The highest BCUT2D eigenvalue weighted by Gasteiger charge is 2.15. The SMILES string of the molecule is NC(=O)c1ccnc(NCc2nc(-c3cccc(F)c3)c(-c3ccccn3)[nH]2)c1. The van der Waals surface area contributed by atoms with E-state index in [4.69, 9.17) is 5.73 Å². The molecule has 0 radical (unpaired) electrons. The van der Waals surface area contributed by atoms with Crippen LogP contribution in [0.5, 0.6) is 0 Å². The lowest BCUT2D eigenvalue weighted by Crippen LogP contribution is -2.12. The summed E-state index contributed by atoms with van der Waals surface area (Å²) < 4.78 is 13.8. The monoisotopic (exact) mass is 388 g/mol. The first-order valence-electron chi connectivity index (χ1n) is 8.86. The van der Waals surface area contributed by atoms with Crippen LogP contribution in [0.25, 0.3) is 22.6 Å². The van der Waals surface area contributed by atoms with Crippen molar-refractivity contribution in [3.8, 4) is 22.6 Å². The minimum atomic E-state index is -0.528. The molecule has 4 aromatic rings. The zero-order chi connectivity index (χ0) is 20.2. The number of carbonyl (C=O) groups excluding carboxylic acids is 1. The number of rotatable bonds is 6. The molecule has 0 aliphatic carbocycles. The third kappa shape index (κ3) is 4.11. The van der Waals surface area contributed by atoms with Crippen LogP contribution in [-0.2, 0) is 6.54 Å². The van der Waals surface area contributed by atoms with Gasteiger partial charge in [0.15, 0.2) is 0 Å². The Morgan fingerprint density at radius 1 is 1.07 bits per heavy atom. The highest BCUT2D eigenvalue weighted by Crippen LogP contribution is 2.29. The van der Waals surface area contributed by atoms with Gasteiger partial charge in [0.2, 0.25) is 5.91 Å². The molecule has 4 rings (SSSR count). The molecule has 0 fully saturated rings. The van der Waals surface area contributed by atoms with E-state index < -0.39 is 5.91 Å². The van der Waals surface area contributed by atoms with Crippen LogP contribution in [0.15, 0.2) is 67.0 Å². The Kier molecular flexibility index (Phi) is 4.98. The number of nitrogens with one attached hydrogen (secondary N) is 2. The second kappa shape index (κ2) is 7.89. The van der Waals surface area contributed by atoms with Crippen LogP contribution in [0.4, 0.5) is 10.2 Å². The summed E-state index contributed by atoms with van der Waals surface area (Å²) in [7, 11) is 0. The molecule has 0 saturated heterocycles. The van der Waals surface area contributed by atoms with Crippen molar-refractivity contribution in [2.75, 3.05) is 5.32 Å². The topological polar surface area (TPSA) is 110 Å². The Morgan fingerprint density at radius 3 is 2.72 bits per heavy atom. The van der Waals surface area contributed by atoms with Crippen LogP contribution in [0.1, 0.15) is 16.2 Å². The number of hydrogen-bond acceptors (Lipinski definition) is 5. The Labute approximate surface area is 165 Å². The van der Waals surface area contributed by atoms with Gasteiger partial charge in [0.05, 0.1) is 23.6 Å². The van der Waals surface area contributed by atoms with E-state index in [2.05, 4.69) is 25.3 Å². The van der Waals surface area contributed by atoms with Gasteiger partial charge in [-0.2, -0.15) is 0 Å². The van der Waals surface area contributed by atoms with Crippen molar-refractivity contribution >= 4 is 11.7 Å². The number of imidazole rings is 1. The molecule has 0 aliphatic rings. The van der Waals surface area contributed by atoms with E-state index in [0.717, 1.165) is 0 Å². The van der Waals surface area contributed by atoms with Crippen LogP contribution >= 0.6 is 0 Å². The van der Waals surface area contributed by atoms with Gasteiger partial charge in [-0.15, -0.1) is 0 Å². The molecule has 1 amide bonds. The molecule has 0 aliphatic heterocycles. The molecule has 0 atom stereocenters. The number of amides is 1. The standard InChI is InChI=1S/C21H17FN6O/c22-15-5-3-4-13(10-15)19-20(16-6-1-2-8-24-16)28-18(27-19)12-26-17-11-14(21(23)29)7-9-25-17/h1-11H,12H2,(H2,23,29)(H,25,26)(H,27,28). The largest absolute Gasteiger partial charge is 0.366 e. The summed E-state index contributed by atoms with van der Waals surface area (Å²) in [5.74, 6) is 0.226. The number of nitrogens with two attached hydrogens (primary N) is 1. The quantitative estimate of drug-likeness (QED) is 0.469. The van der Waals surface area contributed by atoms with E-state index in [1.165, 1.54) is 18.3 Å². The van der Waals surface area contributed by atoms with Crippen LogP contribution in [0, 0.1) is 5.82 Å². The maximum Gasteiger partial charge on any atom is 0.248 e. The first kappa shape index (κ1) is 18.3. The fraction of sp³-hybridized carbons (Fsp3) is 0.0476. The molecule has 0 spiro atoms. The minimum Gasteiger partial charge on any atom is -0.366 e. The van der Waals surface area contributed by atoms with Crippen molar-refractivity contribution in [3.05, 3.63) is 84.2 Å². The molecule has 1 aromatic carbocycles. The molecular weight excluding hydrogens is 371 g/mol. The summed E-state index contributed by atoms with van der Waals surface area (Å²) in [4.78, 5) is 27.7. The lowest BCUT2D eigenvalue weighted by Gasteiger charge is -2.04. The summed E-state index contributed by atoms with van der Waals surface area (Å²) in [6.45, 7) is 0.310. The van der Waals surface area contributed by atoms with Gasteiger partial charge in [-0.05, 0) is 36.4 Å². The van der Waals surface area contributed by atoms with Crippen molar-refractivity contribution in [1.82, 2.24) is 19.9 Å². The zero-order valence-electron chi connectivity index (χ0n) is 15.3. The summed E-state index contributed by atoms with van der Waals surface area (Å²) >= 11 is 0. The third-order valence-corrected chi connectivity index (χ3v) is 4.25. The van der Waals surface area contributed by atoms with E-state index in [1.54, 1.807) is 30.5 Å². The molecule has 8 heteroatoms. The highest BCUT2D eigenvalue weighted by atomic mass is 19.1. The van der Waals surface area contributed by atoms with E-state index in [-0.39, 0.29) is 5.82 Å². The van der Waals surface area contributed by atoms with Crippen molar-refractivity contribution in [3.63, 3.8) is 0 Å². The number of primary amides is 1. The third-order valence-electron chi connectivity index (χ3n) is 4.25. The predicted molar refractivity (Wildman–Crippen MR) is 107 cm³/mol. The van der Waals surface area contributed by atoms with E-state index >= 15 is 0 Å². The summed E-state index contributed by atoms with van der Waals surface area (Å²) in [6.07, 6.45) is 3.19. The number of aromatic amines is 1. The number of H-pyrrole nitrogens is 1. The lowest BCUT2D eigenvalue weighted by molar-refractivity contribution is 0.1000. The average Bonchev–Trinajstić information content (AvgIpc) is 3.17. The van der Waals surface area contributed by atoms with Gasteiger partial charge in [0.25, 0.3) is 0 Å². The highest BCUT2D eigenvalue weighted by molar-refractivity contribution is 5.93. The second-order valence-electron chi connectivity index (χ2n) is 6.28. The Bertz CT molecular complexity index is 1160. The molecular formula is C21H17FN6O. The number of benzene rings is 1. The van der Waals surface area contributed by atoms with Crippen molar-refractivity contribution in [2.24, 2.45) is 5.73 Å². The van der Waals surface area contributed by atoms with Crippen LogP contribution < -0.4 is 11.1 Å². The van der Waals surface area contributed by atoms with Crippen LogP contribution in [-0.4, -0.2) is 25.8 Å². The molecule has 4 N–H and O–H groups in total. The number of nitrogens with zero attached hydrogens (tertiary/aromatic N) is 3. The number of anilines is 1. The predicted octanol–water partition coefficient (Wildman–Crippen LogP) is 3.38. The lowest BCUT2D eigenvalue weighted by atomic mass is 10.1. The summed E-state index contributed by atoms with van der Waals surface area (Å²) in [5, 5.41) is 3.10.